The van der Waals surface area contributed by atoms with Crippen LogP contribution in [-0.4, -0.2) is 75.5 Å². The lowest BCUT2D eigenvalue weighted by Crippen LogP contribution is -2.50. The lowest BCUT2D eigenvalue weighted by atomic mass is 10.1. The number of hydrogen-bond donors (Lipinski definition) is 4. The van der Waals surface area contributed by atoms with Crippen molar-refractivity contribution in [2.45, 2.75) is 6.36 Å². The predicted molar refractivity (Wildman–Crippen MR) is 126 cm³/mol. The van der Waals surface area contributed by atoms with Crippen LogP contribution in [0.1, 0.15) is 11.4 Å². The Kier molecular flexibility index (Phi) is 7.15. The minimum atomic E-state index is -4.86. The molecule has 0 radical (unpaired) electrons. The number of rotatable bonds is 7. The van der Waals surface area contributed by atoms with Gasteiger partial charge in [0.25, 0.3) is 0 Å². The lowest BCUT2D eigenvalue weighted by Gasteiger charge is -2.36. The summed E-state index contributed by atoms with van der Waals surface area (Å²) in [6.45, 7) is 1.37. The molecule has 0 bridgehead atoms. The quantitative estimate of drug-likeness (QED) is 0.345. The van der Waals surface area contributed by atoms with Crippen LogP contribution >= 0.6 is 11.6 Å². The van der Waals surface area contributed by atoms with E-state index in [4.69, 9.17) is 22.7 Å². The third-order valence-corrected chi connectivity index (χ3v) is 5.72. The van der Waals surface area contributed by atoms with Gasteiger partial charge in [-0.3, -0.25) is 10.2 Å². The van der Waals surface area contributed by atoms with Crippen molar-refractivity contribution in [3.63, 3.8) is 0 Å². The van der Waals surface area contributed by atoms with E-state index in [0.29, 0.717) is 31.9 Å². The van der Waals surface area contributed by atoms with E-state index in [-0.39, 0.29) is 46.2 Å². The first-order valence-electron chi connectivity index (χ1n) is 10.6. The van der Waals surface area contributed by atoms with Crippen molar-refractivity contribution < 1.29 is 22.7 Å². The maximum Gasteiger partial charge on any atom is 0.573 e. The van der Waals surface area contributed by atoms with Crippen LogP contribution in [0.3, 0.4) is 0 Å². The number of benzene rings is 1. The standard InChI is InChI=1S/C21H21ClF3N9O2/c22-13-2-1-12(9-14(13)36-21(23,24)25)33-5-7-34(8-6-33)15(35)10-30-19-16(18(27)31-11-32-19)17(26)20-28-3-4-29-20/h1-4,9,11,26H,5-8,10H2,(H,28,29)(H3,27,30,31,32). The SMILES string of the molecule is N=C(c1ncc[nH]1)c1c(N)ncnc1NCC(=O)N1CCN(c2ccc(Cl)c(OC(F)(F)F)c2)CC1. The molecule has 1 aromatic carbocycles. The minimum absolute atomic E-state index is 0.0292. The number of nitrogen functional groups attached to an aromatic ring is 1. The predicted octanol–water partition coefficient (Wildman–Crippen LogP) is 2.51. The number of alkyl halides is 3. The Hall–Kier alpha value is -4.07. The van der Waals surface area contributed by atoms with Gasteiger partial charge in [0.05, 0.1) is 17.1 Å². The van der Waals surface area contributed by atoms with Crippen molar-refractivity contribution in [1.29, 1.82) is 5.41 Å². The summed E-state index contributed by atoms with van der Waals surface area (Å²) in [5.74, 6) is -0.155. The highest BCUT2D eigenvalue weighted by atomic mass is 35.5. The second-order valence-corrected chi connectivity index (χ2v) is 8.09. The van der Waals surface area contributed by atoms with Gasteiger partial charge in [-0.25, -0.2) is 15.0 Å². The first kappa shape index (κ1) is 25.0. The van der Waals surface area contributed by atoms with Crippen LogP contribution in [0.25, 0.3) is 0 Å². The Morgan fingerprint density at radius 2 is 1.97 bits per heavy atom. The molecule has 1 aliphatic rings. The van der Waals surface area contributed by atoms with Crippen molar-refractivity contribution in [3.05, 3.63) is 53.3 Å². The van der Waals surface area contributed by atoms with E-state index in [1.54, 1.807) is 17.2 Å². The fourth-order valence-electron chi connectivity index (χ4n) is 3.68. The highest BCUT2D eigenvalue weighted by molar-refractivity contribution is 6.32. The molecule has 0 aliphatic carbocycles. The molecular weight excluding hydrogens is 503 g/mol. The molecule has 3 aromatic rings. The van der Waals surface area contributed by atoms with Gasteiger partial charge in [0, 0.05) is 50.3 Å². The molecular formula is C21H21ClF3N9O2. The minimum Gasteiger partial charge on any atom is -0.404 e. The molecule has 15 heteroatoms. The Morgan fingerprint density at radius 3 is 2.64 bits per heavy atom. The van der Waals surface area contributed by atoms with Crippen LogP contribution in [0, 0.1) is 5.41 Å². The van der Waals surface area contributed by atoms with Crippen molar-refractivity contribution in [1.82, 2.24) is 24.8 Å². The smallest absolute Gasteiger partial charge is 0.404 e. The summed E-state index contributed by atoms with van der Waals surface area (Å²) in [7, 11) is 0. The third-order valence-electron chi connectivity index (χ3n) is 5.41. The number of carbonyl (C=O) groups is 1. The first-order valence-corrected chi connectivity index (χ1v) is 11.0. The average molecular weight is 524 g/mol. The van der Waals surface area contributed by atoms with E-state index in [0.717, 1.165) is 0 Å². The fourth-order valence-corrected chi connectivity index (χ4v) is 3.83. The van der Waals surface area contributed by atoms with Gasteiger partial charge < -0.3 is 30.6 Å². The third kappa shape index (κ3) is 5.76. The number of ether oxygens (including phenoxy) is 1. The van der Waals surface area contributed by atoms with E-state index >= 15 is 0 Å². The lowest BCUT2D eigenvalue weighted by molar-refractivity contribution is -0.274. The van der Waals surface area contributed by atoms with E-state index in [2.05, 4.69) is 30.0 Å². The van der Waals surface area contributed by atoms with Gasteiger partial charge in [0.1, 0.15) is 29.4 Å². The monoisotopic (exact) mass is 523 g/mol. The zero-order chi connectivity index (χ0) is 25.9. The fraction of sp³-hybridized carbons (Fsp3) is 0.286. The van der Waals surface area contributed by atoms with Crippen molar-refractivity contribution >= 4 is 40.5 Å². The number of nitrogens with one attached hydrogen (secondary N) is 3. The molecule has 1 saturated heterocycles. The largest absolute Gasteiger partial charge is 0.573 e. The summed E-state index contributed by atoms with van der Waals surface area (Å²) in [5, 5.41) is 11.1. The molecule has 0 spiro atoms. The molecule has 11 nitrogen and oxygen atoms in total. The van der Waals surface area contributed by atoms with Crippen LogP contribution in [0.4, 0.5) is 30.5 Å². The van der Waals surface area contributed by atoms with Gasteiger partial charge in [-0.05, 0) is 12.1 Å². The molecule has 2 aromatic heterocycles. The second kappa shape index (κ2) is 10.3. The Bertz CT molecular complexity index is 1250. The number of nitrogens with zero attached hydrogens (tertiary/aromatic N) is 5. The molecule has 0 unspecified atom stereocenters. The summed E-state index contributed by atoms with van der Waals surface area (Å²) in [6.07, 6.45) is -0.573. The maximum atomic E-state index is 12.8. The molecule has 190 valence electrons. The Morgan fingerprint density at radius 1 is 1.22 bits per heavy atom. The number of H-pyrrole nitrogens is 1. The molecule has 36 heavy (non-hydrogen) atoms. The van der Waals surface area contributed by atoms with Crippen molar-refractivity contribution in [3.8, 4) is 5.75 Å². The molecule has 0 atom stereocenters. The highest BCUT2D eigenvalue weighted by Gasteiger charge is 2.32. The number of aromatic nitrogens is 4. The number of imidazole rings is 1. The number of halogens is 4. The van der Waals surface area contributed by atoms with Gasteiger partial charge in [0.2, 0.25) is 5.91 Å². The van der Waals surface area contributed by atoms with Crippen LogP contribution in [0.2, 0.25) is 5.02 Å². The first-order chi connectivity index (χ1) is 17.1. The number of aromatic amines is 1. The van der Waals surface area contributed by atoms with Crippen molar-refractivity contribution in [2.24, 2.45) is 0 Å². The molecule has 1 aliphatic heterocycles. The number of piperazine rings is 1. The summed E-state index contributed by atoms with van der Waals surface area (Å²) in [6, 6.07) is 4.16. The number of nitrogens with two attached hydrogens (primary N) is 1. The molecule has 0 saturated carbocycles. The maximum absolute atomic E-state index is 12.8. The van der Waals surface area contributed by atoms with E-state index in [1.807, 2.05) is 4.90 Å². The van der Waals surface area contributed by atoms with Crippen LogP contribution < -0.4 is 20.7 Å². The van der Waals surface area contributed by atoms with E-state index < -0.39 is 12.1 Å². The number of anilines is 3. The normalized spacial score (nSPS) is 14.0. The van der Waals surface area contributed by atoms with Crippen LogP contribution in [-0.2, 0) is 4.79 Å². The molecule has 3 heterocycles. The van der Waals surface area contributed by atoms with E-state index in [1.165, 1.54) is 24.7 Å². The van der Waals surface area contributed by atoms with Gasteiger partial charge >= 0.3 is 6.36 Å². The van der Waals surface area contributed by atoms with Gasteiger partial charge in [0.15, 0.2) is 5.82 Å². The van der Waals surface area contributed by atoms with Gasteiger partial charge in [-0.1, -0.05) is 11.6 Å². The summed E-state index contributed by atoms with van der Waals surface area (Å²) < 4.78 is 41.8. The summed E-state index contributed by atoms with van der Waals surface area (Å²) in [4.78, 5) is 31.1. The van der Waals surface area contributed by atoms with Crippen LogP contribution in [0.15, 0.2) is 36.9 Å². The second-order valence-electron chi connectivity index (χ2n) is 7.68. The van der Waals surface area contributed by atoms with Crippen molar-refractivity contribution in [2.75, 3.05) is 48.7 Å². The zero-order valence-electron chi connectivity index (χ0n) is 18.6. The Labute approximate surface area is 207 Å². The number of hydrogen-bond acceptors (Lipinski definition) is 9. The molecule has 1 amide bonds. The highest BCUT2D eigenvalue weighted by Crippen LogP contribution is 2.34. The summed E-state index contributed by atoms with van der Waals surface area (Å²) in [5.41, 5.74) is 6.63. The molecule has 1 fully saturated rings. The Balaban J connectivity index is 1.36. The van der Waals surface area contributed by atoms with E-state index in [9.17, 15) is 18.0 Å². The molecule has 4 rings (SSSR count). The zero-order valence-corrected chi connectivity index (χ0v) is 19.4. The van der Waals surface area contributed by atoms with Gasteiger partial charge in [-0.15, -0.1) is 13.2 Å². The molecule has 5 N–H and O–H groups in total. The number of amides is 1. The van der Waals surface area contributed by atoms with Crippen LogP contribution in [0.5, 0.6) is 5.75 Å². The average Bonchev–Trinajstić information content (AvgIpc) is 3.38. The van der Waals surface area contributed by atoms with Gasteiger partial charge in [-0.2, -0.15) is 0 Å². The number of carbonyl (C=O) groups excluding carboxylic acids is 1. The topological polar surface area (TPSA) is 149 Å². The summed E-state index contributed by atoms with van der Waals surface area (Å²) >= 11 is 5.82.